The number of hydrazone groups is 1. The molecule has 0 saturated heterocycles. The predicted octanol–water partition coefficient (Wildman–Crippen LogP) is 3.09. The van der Waals surface area contributed by atoms with E-state index in [9.17, 15) is 4.79 Å². The van der Waals surface area contributed by atoms with Gasteiger partial charge >= 0.3 is 0 Å². The van der Waals surface area contributed by atoms with Gasteiger partial charge in [0.15, 0.2) is 0 Å². The van der Waals surface area contributed by atoms with Crippen LogP contribution in [0.2, 0.25) is 0 Å². The van der Waals surface area contributed by atoms with Gasteiger partial charge in [-0.2, -0.15) is 5.10 Å². The Bertz CT molecular complexity index is 435. The van der Waals surface area contributed by atoms with Crippen molar-refractivity contribution in [2.24, 2.45) is 11.0 Å². The molecule has 2 rings (SSSR count). The quantitative estimate of drug-likeness (QED) is 0.673. The van der Waals surface area contributed by atoms with Crippen molar-refractivity contribution in [1.82, 2.24) is 5.43 Å². The summed E-state index contributed by atoms with van der Waals surface area (Å²) in [4.78, 5) is 11.5. The second-order valence-electron chi connectivity index (χ2n) is 4.17. The van der Waals surface area contributed by atoms with Gasteiger partial charge in [-0.05, 0) is 37.0 Å². The fourth-order valence-corrected chi connectivity index (χ4v) is 1.81. The van der Waals surface area contributed by atoms with Crippen molar-refractivity contribution in [3.05, 3.63) is 34.3 Å². The summed E-state index contributed by atoms with van der Waals surface area (Å²) in [6, 6.07) is 7.94. The zero-order chi connectivity index (χ0) is 12.3. The summed E-state index contributed by atoms with van der Waals surface area (Å²) < 4.78 is 1.04. The largest absolute Gasteiger partial charge is 0.273 e. The van der Waals surface area contributed by atoms with Crippen molar-refractivity contribution in [3.8, 4) is 0 Å². The third-order valence-corrected chi connectivity index (χ3v) is 3.29. The maximum Gasteiger partial charge on any atom is 0.243 e. The maximum atomic E-state index is 11.5. The lowest BCUT2D eigenvalue weighted by Crippen LogP contribution is -2.21. The third kappa shape index (κ3) is 3.40. The minimum absolute atomic E-state index is 0.0491. The molecule has 0 atom stereocenters. The Morgan fingerprint density at radius 3 is 2.59 bits per heavy atom. The molecule has 1 fully saturated rings. The van der Waals surface area contributed by atoms with E-state index in [0.717, 1.165) is 35.0 Å². The first kappa shape index (κ1) is 12.3. The Kier molecular flexibility index (Phi) is 3.94. The van der Waals surface area contributed by atoms with E-state index in [-0.39, 0.29) is 11.8 Å². The van der Waals surface area contributed by atoms with Gasteiger partial charge in [0.2, 0.25) is 5.91 Å². The summed E-state index contributed by atoms with van der Waals surface area (Å²) in [5, 5.41) is 4.21. The first-order chi connectivity index (χ1) is 8.20. The molecule has 0 bridgehead atoms. The monoisotopic (exact) mass is 294 g/mol. The van der Waals surface area contributed by atoms with Gasteiger partial charge in [0.1, 0.15) is 0 Å². The van der Waals surface area contributed by atoms with Crippen LogP contribution in [0.25, 0.3) is 0 Å². The maximum absolute atomic E-state index is 11.5. The van der Waals surface area contributed by atoms with Crippen LogP contribution in [0.3, 0.4) is 0 Å². The smallest absolute Gasteiger partial charge is 0.243 e. The molecule has 0 aromatic heterocycles. The highest BCUT2D eigenvalue weighted by atomic mass is 79.9. The molecule has 0 aliphatic heterocycles. The first-order valence-corrected chi connectivity index (χ1v) is 6.62. The molecule has 1 saturated carbocycles. The molecule has 90 valence electrons. The van der Waals surface area contributed by atoms with Crippen molar-refractivity contribution >= 4 is 27.5 Å². The van der Waals surface area contributed by atoms with Crippen LogP contribution in [0, 0.1) is 5.92 Å². The number of hydrogen-bond donors (Lipinski definition) is 1. The average Bonchev–Trinajstić information content (AvgIpc) is 3.16. The molecular weight excluding hydrogens is 280 g/mol. The molecule has 0 radical (unpaired) electrons. The van der Waals surface area contributed by atoms with Crippen LogP contribution in [-0.4, -0.2) is 11.6 Å². The lowest BCUT2D eigenvalue weighted by molar-refractivity contribution is -0.122. The van der Waals surface area contributed by atoms with Gasteiger partial charge in [0.25, 0.3) is 0 Å². The second kappa shape index (κ2) is 5.45. The molecule has 4 heteroatoms. The fourth-order valence-electron chi connectivity index (χ4n) is 1.55. The summed E-state index contributed by atoms with van der Waals surface area (Å²) in [5.74, 6) is 0.245. The molecule has 0 heterocycles. The highest BCUT2D eigenvalue weighted by molar-refractivity contribution is 9.10. The fraction of sp³-hybridized carbons (Fsp3) is 0.385. The van der Waals surface area contributed by atoms with Crippen LogP contribution >= 0.6 is 15.9 Å². The number of amides is 1. The standard InChI is InChI=1S/C13H15BrN2O/c1-2-12(9-5-7-11(14)8-6-9)15-16-13(17)10-3-4-10/h5-8,10H,2-4H2,1H3,(H,16,17)/b15-12-. The summed E-state index contributed by atoms with van der Waals surface area (Å²) >= 11 is 3.40. The zero-order valence-corrected chi connectivity index (χ0v) is 11.3. The average molecular weight is 295 g/mol. The van der Waals surface area contributed by atoms with Gasteiger partial charge in [0.05, 0.1) is 5.71 Å². The number of rotatable bonds is 4. The number of hydrogen-bond acceptors (Lipinski definition) is 2. The van der Waals surface area contributed by atoms with Crippen LogP contribution in [-0.2, 0) is 4.79 Å². The van der Waals surface area contributed by atoms with E-state index >= 15 is 0 Å². The van der Waals surface area contributed by atoms with E-state index in [0.29, 0.717) is 0 Å². The van der Waals surface area contributed by atoms with E-state index in [4.69, 9.17) is 0 Å². The minimum atomic E-state index is 0.0491. The predicted molar refractivity (Wildman–Crippen MR) is 71.8 cm³/mol. The highest BCUT2D eigenvalue weighted by Gasteiger charge is 2.29. The molecule has 1 aliphatic rings. The lowest BCUT2D eigenvalue weighted by atomic mass is 10.1. The van der Waals surface area contributed by atoms with E-state index < -0.39 is 0 Å². The summed E-state index contributed by atoms with van der Waals surface area (Å²) in [7, 11) is 0. The lowest BCUT2D eigenvalue weighted by Gasteiger charge is -2.05. The molecule has 1 aromatic carbocycles. The summed E-state index contributed by atoms with van der Waals surface area (Å²) in [6.07, 6.45) is 2.80. The first-order valence-electron chi connectivity index (χ1n) is 5.83. The van der Waals surface area contributed by atoms with E-state index in [2.05, 4.69) is 26.5 Å². The molecule has 1 aliphatic carbocycles. The Balaban J connectivity index is 2.06. The zero-order valence-electron chi connectivity index (χ0n) is 9.74. The van der Waals surface area contributed by atoms with E-state index in [1.807, 2.05) is 31.2 Å². The molecule has 0 unspecified atom stereocenters. The Hall–Kier alpha value is -1.16. The van der Waals surface area contributed by atoms with Crippen molar-refractivity contribution in [2.75, 3.05) is 0 Å². The molecule has 1 amide bonds. The Morgan fingerprint density at radius 2 is 2.06 bits per heavy atom. The van der Waals surface area contributed by atoms with Gasteiger partial charge in [-0.25, -0.2) is 5.43 Å². The van der Waals surface area contributed by atoms with Gasteiger partial charge in [-0.3, -0.25) is 4.79 Å². The van der Waals surface area contributed by atoms with Crippen molar-refractivity contribution < 1.29 is 4.79 Å². The van der Waals surface area contributed by atoms with Crippen LogP contribution in [0.1, 0.15) is 31.7 Å². The van der Waals surface area contributed by atoms with Crippen LogP contribution in [0.15, 0.2) is 33.8 Å². The van der Waals surface area contributed by atoms with Gasteiger partial charge < -0.3 is 0 Å². The second-order valence-corrected chi connectivity index (χ2v) is 5.08. The van der Waals surface area contributed by atoms with Crippen LogP contribution in [0.4, 0.5) is 0 Å². The van der Waals surface area contributed by atoms with Crippen LogP contribution in [0.5, 0.6) is 0 Å². The number of nitrogens with zero attached hydrogens (tertiary/aromatic N) is 1. The summed E-state index contributed by atoms with van der Waals surface area (Å²) in [6.45, 7) is 2.03. The Labute approximate surface area is 109 Å². The van der Waals surface area contributed by atoms with E-state index in [1.54, 1.807) is 0 Å². The van der Waals surface area contributed by atoms with Crippen molar-refractivity contribution in [2.45, 2.75) is 26.2 Å². The normalized spacial score (nSPS) is 15.8. The topological polar surface area (TPSA) is 41.5 Å². The minimum Gasteiger partial charge on any atom is -0.273 e. The van der Waals surface area contributed by atoms with Gasteiger partial charge in [-0.1, -0.05) is 35.0 Å². The highest BCUT2D eigenvalue weighted by Crippen LogP contribution is 2.28. The number of nitrogens with one attached hydrogen (secondary N) is 1. The Morgan fingerprint density at radius 1 is 1.41 bits per heavy atom. The third-order valence-electron chi connectivity index (χ3n) is 2.76. The van der Waals surface area contributed by atoms with Gasteiger partial charge in [-0.15, -0.1) is 0 Å². The van der Waals surface area contributed by atoms with Crippen molar-refractivity contribution in [1.29, 1.82) is 0 Å². The van der Waals surface area contributed by atoms with Crippen molar-refractivity contribution in [3.63, 3.8) is 0 Å². The SMILES string of the molecule is CC/C(=N/NC(=O)C1CC1)c1ccc(Br)cc1. The number of carbonyl (C=O) groups excluding carboxylic acids is 1. The number of halogens is 1. The number of carbonyl (C=O) groups is 1. The van der Waals surface area contributed by atoms with Crippen LogP contribution < -0.4 is 5.43 Å². The van der Waals surface area contributed by atoms with E-state index in [1.165, 1.54) is 0 Å². The summed E-state index contributed by atoms with van der Waals surface area (Å²) in [5.41, 5.74) is 4.60. The molecule has 1 aromatic rings. The molecule has 1 N–H and O–H groups in total. The molecular formula is C13H15BrN2O. The molecule has 17 heavy (non-hydrogen) atoms. The number of benzene rings is 1. The molecule has 3 nitrogen and oxygen atoms in total. The van der Waals surface area contributed by atoms with Gasteiger partial charge in [0, 0.05) is 10.4 Å². The molecule has 0 spiro atoms.